The van der Waals surface area contributed by atoms with Gasteiger partial charge in [-0.3, -0.25) is 4.90 Å². The van der Waals surface area contributed by atoms with Crippen molar-refractivity contribution in [3.8, 4) is 5.75 Å². The van der Waals surface area contributed by atoms with Crippen LogP contribution in [0.2, 0.25) is 0 Å². The van der Waals surface area contributed by atoms with Crippen molar-refractivity contribution in [1.82, 2.24) is 9.21 Å². The van der Waals surface area contributed by atoms with Gasteiger partial charge in [-0.2, -0.15) is 4.31 Å². The van der Waals surface area contributed by atoms with E-state index >= 15 is 0 Å². The molecule has 0 bridgehead atoms. The number of halogens is 1. The number of rotatable bonds is 5. The lowest BCUT2D eigenvalue weighted by molar-refractivity contribution is 0.181. The van der Waals surface area contributed by atoms with Gasteiger partial charge in [0.1, 0.15) is 11.6 Å². The Kier molecular flexibility index (Phi) is 5.36. The Hall–Kier alpha value is -1.96. The van der Waals surface area contributed by atoms with Crippen molar-refractivity contribution in [2.45, 2.75) is 11.4 Å². The first-order valence-corrected chi connectivity index (χ1v) is 9.54. The molecule has 134 valence electrons. The van der Waals surface area contributed by atoms with Crippen LogP contribution in [-0.2, 0) is 16.6 Å². The molecule has 1 fully saturated rings. The number of piperazine rings is 1. The van der Waals surface area contributed by atoms with Crippen molar-refractivity contribution < 1.29 is 17.5 Å². The highest BCUT2D eigenvalue weighted by molar-refractivity contribution is 7.89. The summed E-state index contributed by atoms with van der Waals surface area (Å²) in [6.45, 7) is 2.69. The number of hydrogen-bond donors (Lipinski definition) is 0. The predicted molar refractivity (Wildman–Crippen MR) is 93.4 cm³/mol. The molecule has 0 radical (unpaired) electrons. The normalized spacial score (nSPS) is 16.7. The lowest BCUT2D eigenvalue weighted by Crippen LogP contribution is -2.48. The molecular formula is C18H21FN2O3S. The van der Waals surface area contributed by atoms with Crippen LogP contribution in [0.4, 0.5) is 4.39 Å². The van der Waals surface area contributed by atoms with Crippen molar-refractivity contribution in [1.29, 1.82) is 0 Å². The highest BCUT2D eigenvalue weighted by Gasteiger charge is 2.28. The zero-order valence-electron chi connectivity index (χ0n) is 14.1. The molecule has 0 unspecified atom stereocenters. The second-order valence-corrected chi connectivity index (χ2v) is 7.92. The second-order valence-electron chi connectivity index (χ2n) is 5.99. The average Bonchev–Trinajstić information content (AvgIpc) is 2.62. The van der Waals surface area contributed by atoms with Crippen LogP contribution >= 0.6 is 0 Å². The maximum Gasteiger partial charge on any atom is 0.243 e. The highest BCUT2D eigenvalue weighted by atomic mass is 32.2. The Labute approximate surface area is 147 Å². The van der Waals surface area contributed by atoms with Crippen molar-refractivity contribution >= 4 is 10.0 Å². The van der Waals surface area contributed by atoms with E-state index in [1.165, 1.54) is 16.4 Å². The molecule has 0 amide bonds. The third kappa shape index (κ3) is 4.18. The topological polar surface area (TPSA) is 49.9 Å². The quantitative estimate of drug-likeness (QED) is 0.817. The zero-order chi connectivity index (χ0) is 17.9. The van der Waals surface area contributed by atoms with Crippen molar-refractivity contribution in [2.24, 2.45) is 0 Å². The molecule has 3 rings (SSSR count). The second kappa shape index (κ2) is 7.51. The molecule has 1 saturated heterocycles. The van der Waals surface area contributed by atoms with E-state index in [1.54, 1.807) is 37.4 Å². The predicted octanol–water partition coefficient (Wildman–Crippen LogP) is 2.34. The maximum absolute atomic E-state index is 13.3. The number of methoxy groups -OCH3 is 1. The van der Waals surface area contributed by atoms with Crippen LogP contribution in [0.1, 0.15) is 5.56 Å². The molecular weight excluding hydrogens is 343 g/mol. The monoisotopic (exact) mass is 364 g/mol. The standard InChI is InChI=1S/C18H21FN2O3S/c1-24-17-5-7-18(8-6-17)25(22,23)21-11-9-20(10-12-21)14-15-3-2-4-16(19)13-15/h2-8,13H,9-12,14H2,1H3. The van der Waals surface area contributed by atoms with Gasteiger partial charge in [0.2, 0.25) is 10.0 Å². The zero-order valence-corrected chi connectivity index (χ0v) is 14.9. The fraction of sp³-hybridized carbons (Fsp3) is 0.333. The molecule has 0 saturated carbocycles. The molecule has 1 aliphatic heterocycles. The summed E-state index contributed by atoms with van der Waals surface area (Å²) < 4.78 is 45.3. The molecule has 1 aliphatic rings. The summed E-state index contributed by atoms with van der Waals surface area (Å²) in [6.07, 6.45) is 0. The fourth-order valence-corrected chi connectivity index (χ4v) is 4.34. The molecule has 25 heavy (non-hydrogen) atoms. The van der Waals surface area contributed by atoms with Crippen LogP contribution in [0.5, 0.6) is 5.75 Å². The van der Waals surface area contributed by atoms with Gasteiger partial charge in [-0.1, -0.05) is 12.1 Å². The summed E-state index contributed by atoms with van der Waals surface area (Å²) in [5.41, 5.74) is 0.895. The highest BCUT2D eigenvalue weighted by Crippen LogP contribution is 2.21. The van der Waals surface area contributed by atoms with Gasteiger partial charge in [0.25, 0.3) is 0 Å². The third-order valence-corrected chi connectivity index (χ3v) is 6.24. The van der Waals surface area contributed by atoms with E-state index in [9.17, 15) is 12.8 Å². The molecule has 0 atom stereocenters. The fourth-order valence-electron chi connectivity index (χ4n) is 2.92. The van der Waals surface area contributed by atoms with E-state index in [2.05, 4.69) is 4.90 Å². The van der Waals surface area contributed by atoms with Gasteiger partial charge in [0.05, 0.1) is 12.0 Å². The van der Waals surface area contributed by atoms with Gasteiger partial charge in [0.15, 0.2) is 0 Å². The van der Waals surface area contributed by atoms with Gasteiger partial charge in [-0.05, 0) is 42.0 Å². The summed E-state index contributed by atoms with van der Waals surface area (Å²) >= 11 is 0. The van der Waals surface area contributed by atoms with Crippen molar-refractivity contribution in [2.75, 3.05) is 33.3 Å². The van der Waals surface area contributed by atoms with Crippen LogP contribution in [-0.4, -0.2) is 50.9 Å². The molecule has 0 aliphatic carbocycles. The molecule has 2 aromatic carbocycles. The Balaban J connectivity index is 1.62. The van der Waals surface area contributed by atoms with E-state index in [0.29, 0.717) is 38.5 Å². The van der Waals surface area contributed by atoms with Crippen LogP contribution < -0.4 is 4.74 Å². The minimum absolute atomic E-state index is 0.252. The summed E-state index contributed by atoms with van der Waals surface area (Å²) in [7, 11) is -1.96. The van der Waals surface area contributed by atoms with E-state index in [4.69, 9.17) is 4.74 Å². The molecule has 0 spiro atoms. The van der Waals surface area contributed by atoms with E-state index in [-0.39, 0.29) is 10.7 Å². The summed E-state index contributed by atoms with van der Waals surface area (Å²) in [5, 5.41) is 0. The number of hydrogen-bond acceptors (Lipinski definition) is 4. The van der Waals surface area contributed by atoms with Crippen LogP contribution in [0.25, 0.3) is 0 Å². The molecule has 0 N–H and O–H groups in total. The van der Waals surface area contributed by atoms with Gasteiger partial charge in [0, 0.05) is 32.7 Å². The average molecular weight is 364 g/mol. The molecule has 0 aromatic heterocycles. The Morgan fingerprint density at radius 2 is 1.72 bits per heavy atom. The Morgan fingerprint density at radius 1 is 1.04 bits per heavy atom. The largest absolute Gasteiger partial charge is 0.497 e. The minimum Gasteiger partial charge on any atom is -0.497 e. The molecule has 2 aromatic rings. The van der Waals surface area contributed by atoms with Gasteiger partial charge < -0.3 is 4.74 Å². The SMILES string of the molecule is COc1ccc(S(=O)(=O)N2CCN(Cc3cccc(F)c3)CC2)cc1. The minimum atomic E-state index is -3.50. The number of benzene rings is 2. The number of nitrogens with zero attached hydrogens (tertiary/aromatic N) is 2. The smallest absolute Gasteiger partial charge is 0.243 e. The Morgan fingerprint density at radius 3 is 2.32 bits per heavy atom. The summed E-state index contributed by atoms with van der Waals surface area (Å²) in [6, 6.07) is 12.9. The number of ether oxygens (including phenoxy) is 1. The van der Waals surface area contributed by atoms with Crippen molar-refractivity contribution in [3.05, 3.63) is 59.9 Å². The lowest BCUT2D eigenvalue weighted by atomic mass is 10.2. The summed E-state index contributed by atoms with van der Waals surface area (Å²) in [4.78, 5) is 2.40. The lowest BCUT2D eigenvalue weighted by Gasteiger charge is -2.34. The van der Waals surface area contributed by atoms with Crippen LogP contribution in [0.3, 0.4) is 0 Å². The Bertz CT molecular complexity index is 816. The van der Waals surface area contributed by atoms with Gasteiger partial charge in [-0.15, -0.1) is 0 Å². The van der Waals surface area contributed by atoms with E-state index in [0.717, 1.165) is 5.56 Å². The van der Waals surface area contributed by atoms with Gasteiger partial charge >= 0.3 is 0 Å². The van der Waals surface area contributed by atoms with E-state index < -0.39 is 10.0 Å². The maximum atomic E-state index is 13.3. The van der Waals surface area contributed by atoms with Crippen LogP contribution in [0, 0.1) is 5.82 Å². The first kappa shape index (κ1) is 17.8. The van der Waals surface area contributed by atoms with Crippen molar-refractivity contribution in [3.63, 3.8) is 0 Å². The summed E-state index contributed by atoms with van der Waals surface area (Å²) in [5.74, 6) is 0.372. The first-order chi connectivity index (χ1) is 12.0. The van der Waals surface area contributed by atoms with Crippen LogP contribution in [0.15, 0.2) is 53.4 Å². The van der Waals surface area contributed by atoms with Gasteiger partial charge in [-0.25, -0.2) is 12.8 Å². The number of sulfonamides is 1. The van der Waals surface area contributed by atoms with E-state index in [1.807, 2.05) is 6.07 Å². The first-order valence-electron chi connectivity index (χ1n) is 8.10. The third-order valence-electron chi connectivity index (χ3n) is 4.32. The molecule has 7 heteroatoms. The molecule has 5 nitrogen and oxygen atoms in total. The molecule has 1 heterocycles.